The van der Waals surface area contributed by atoms with E-state index in [2.05, 4.69) is 48.3 Å². The number of nitrogens with zero attached hydrogens (tertiary/aromatic N) is 2. The summed E-state index contributed by atoms with van der Waals surface area (Å²) in [5, 5.41) is 13.6. The molecule has 162 valence electrons. The Balaban J connectivity index is 1.43. The molecule has 0 spiro atoms. The van der Waals surface area contributed by atoms with Gasteiger partial charge in [0.25, 0.3) is 0 Å². The van der Waals surface area contributed by atoms with Crippen LogP contribution in [0.3, 0.4) is 0 Å². The number of amides is 2. The lowest BCUT2D eigenvalue weighted by molar-refractivity contribution is 0.0665. The molecule has 1 unspecified atom stereocenters. The monoisotopic (exact) mass is 409 g/mol. The molecule has 1 atom stereocenters. The van der Waals surface area contributed by atoms with Crippen molar-refractivity contribution in [3.63, 3.8) is 0 Å². The molecular formula is C25H35N3O2. The van der Waals surface area contributed by atoms with Crippen LogP contribution in [0, 0.1) is 5.92 Å². The highest BCUT2D eigenvalue weighted by molar-refractivity contribution is 5.74. The topological polar surface area (TPSA) is 55.8 Å². The van der Waals surface area contributed by atoms with Crippen LogP contribution >= 0.6 is 0 Å². The van der Waals surface area contributed by atoms with Gasteiger partial charge in [0, 0.05) is 26.2 Å². The van der Waals surface area contributed by atoms with Gasteiger partial charge in [0.1, 0.15) is 0 Å². The molecule has 2 aromatic rings. The molecule has 1 aliphatic heterocycles. The number of nitrogens with one attached hydrogen (secondary N) is 1. The number of rotatable bonds is 8. The number of aliphatic hydroxyl groups excluding tert-OH is 1. The van der Waals surface area contributed by atoms with E-state index in [1.54, 1.807) is 0 Å². The minimum absolute atomic E-state index is 0.0186. The molecule has 1 heterocycles. The number of carbonyl (C=O) groups is 1. The lowest BCUT2D eigenvalue weighted by atomic mass is 9.87. The first-order valence-corrected chi connectivity index (χ1v) is 11.2. The Kier molecular flexibility index (Phi) is 8.29. The van der Waals surface area contributed by atoms with Crippen molar-refractivity contribution < 1.29 is 9.90 Å². The first-order valence-electron chi connectivity index (χ1n) is 11.2. The van der Waals surface area contributed by atoms with E-state index in [4.69, 9.17) is 0 Å². The molecule has 0 aliphatic carbocycles. The van der Waals surface area contributed by atoms with Gasteiger partial charge in [0.2, 0.25) is 0 Å². The quantitative estimate of drug-likeness (QED) is 0.688. The van der Waals surface area contributed by atoms with Crippen LogP contribution < -0.4 is 5.32 Å². The van der Waals surface area contributed by atoms with Gasteiger partial charge in [-0.3, -0.25) is 4.90 Å². The fourth-order valence-corrected chi connectivity index (χ4v) is 4.10. The molecule has 5 nitrogen and oxygen atoms in total. The van der Waals surface area contributed by atoms with E-state index in [1.807, 2.05) is 35.2 Å². The van der Waals surface area contributed by atoms with Crippen LogP contribution in [0.5, 0.6) is 0 Å². The Bertz CT molecular complexity index is 767. The number of likely N-dealkylation sites (tertiary alicyclic amines) is 1. The maximum absolute atomic E-state index is 12.6. The third kappa shape index (κ3) is 6.07. The number of hydrogen-bond donors (Lipinski definition) is 2. The van der Waals surface area contributed by atoms with Crippen molar-refractivity contribution in [2.75, 3.05) is 26.2 Å². The van der Waals surface area contributed by atoms with Crippen LogP contribution in [0.25, 0.3) is 0 Å². The Morgan fingerprint density at radius 2 is 1.63 bits per heavy atom. The second kappa shape index (κ2) is 11.1. The first-order chi connectivity index (χ1) is 14.6. The third-order valence-electron chi connectivity index (χ3n) is 6.18. The van der Waals surface area contributed by atoms with Crippen molar-refractivity contribution >= 4 is 6.03 Å². The zero-order valence-corrected chi connectivity index (χ0v) is 18.3. The second-order valence-electron chi connectivity index (χ2n) is 8.12. The maximum Gasteiger partial charge on any atom is 0.317 e. The highest BCUT2D eigenvalue weighted by Gasteiger charge is 2.28. The van der Waals surface area contributed by atoms with E-state index < -0.39 is 6.10 Å². The van der Waals surface area contributed by atoms with Gasteiger partial charge in [0.15, 0.2) is 0 Å². The predicted octanol–water partition coefficient (Wildman–Crippen LogP) is 4.18. The standard InChI is InChI=1S/C25H35N3O2/c1-3-27(4-2)19-21-12-10-20(11-13-21)18-26-25(30)28-16-14-23(15-17-28)24(29)22-8-6-5-7-9-22/h5-13,23-24,29H,3-4,14-19H2,1-2H3,(H,26,30). The number of carbonyl (C=O) groups excluding carboxylic acids is 1. The first kappa shape index (κ1) is 22.3. The maximum atomic E-state index is 12.6. The van der Waals surface area contributed by atoms with Crippen molar-refractivity contribution in [3.8, 4) is 0 Å². The molecule has 2 N–H and O–H groups in total. The highest BCUT2D eigenvalue weighted by Crippen LogP contribution is 2.30. The molecule has 2 aromatic carbocycles. The molecular weight excluding hydrogens is 374 g/mol. The average molecular weight is 410 g/mol. The normalized spacial score (nSPS) is 15.9. The average Bonchev–Trinajstić information content (AvgIpc) is 2.82. The number of hydrogen-bond acceptors (Lipinski definition) is 3. The fourth-order valence-electron chi connectivity index (χ4n) is 4.10. The Morgan fingerprint density at radius 1 is 1.03 bits per heavy atom. The van der Waals surface area contributed by atoms with Crippen LogP contribution in [0.2, 0.25) is 0 Å². The summed E-state index contributed by atoms with van der Waals surface area (Å²) in [5.74, 6) is 0.204. The SMILES string of the molecule is CCN(CC)Cc1ccc(CNC(=O)N2CCC(C(O)c3ccccc3)CC2)cc1. The van der Waals surface area contributed by atoms with E-state index in [0.29, 0.717) is 19.6 Å². The molecule has 0 bridgehead atoms. The minimum atomic E-state index is -0.453. The van der Waals surface area contributed by atoms with Crippen LogP contribution in [-0.2, 0) is 13.1 Å². The van der Waals surface area contributed by atoms with Crippen LogP contribution in [0.15, 0.2) is 54.6 Å². The third-order valence-corrected chi connectivity index (χ3v) is 6.18. The summed E-state index contributed by atoms with van der Waals surface area (Å²) in [4.78, 5) is 16.8. The van der Waals surface area contributed by atoms with Gasteiger partial charge in [0.05, 0.1) is 6.10 Å². The lowest BCUT2D eigenvalue weighted by Gasteiger charge is -2.34. The van der Waals surface area contributed by atoms with E-state index in [9.17, 15) is 9.90 Å². The van der Waals surface area contributed by atoms with E-state index >= 15 is 0 Å². The summed E-state index contributed by atoms with van der Waals surface area (Å²) in [6.07, 6.45) is 1.19. The Morgan fingerprint density at radius 3 is 2.23 bits per heavy atom. The summed E-state index contributed by atoms with van der Waals surface area (Å²) in [7, 11) is 0. The van der Waals surface area contributed by atoms with Crippen molar-refractivity contribution in [2.45, 2.75) is 45.9 Å². The van der Waals surface area contributed by atoms with Gasteiger partial charge in [-0.1, -0.05) is 68.4 Å². The van der Waals surface area contributed by atoms with Crippen LogP contribution in [-0.4, -0.2) is 47.1 Å². The molecule has 0 saturated carbocycles. The summed E-state index contributed by atoms with van der Waals surface area (Å²) in [6.45, 7) is 9.32. The smallest absolute Gasteiger partial charge is 0.317 e. The van der Waals surface area contributed by atoms with Gasteiger partial charge < -0.3 is 15.3 Å². The molecule has 1 fully saturated rings. The molecule has 30 heavy (non-hydrogen) atoms. The molecule has 5 heteroatoms. The lowest BCUT2D eigenvalue weighted by Crippen LogP contribution is -2.44. The number of urea groups is 1. The van der Waals surface area contributed by atoms with E-state index in [0.717, 1.165) is 43.6 Å². The molecule has 0 aromatic heterocycles. The molecule has 0 radical (unpaired) electrons. The molecule has 1 saturated heterocycles. The van der Waals surface area contributed by atoms with E-state index in [-0.39, 0.29) is 11.9 Å². The molecule has 1 aliphatic rings. The van der Waals surface area contributed by atoms with Gasteiger partial charge in [-0.25, -0.2) is 4.79 Å². The number of aliphatic hydroxyl groups is 1. The summed E-state index contributed by atoms with van der Waals surface area (Å²) in [6, 6.07) is 18.3. The van der Waals surface area contributed by atoms with Crippen LogP contribution in [0.1, 0.15) is 49.5 Å². The van der Waals surface area contributed by atoms with Gasteiger partial charge in [-0.15, -0.1) is 0 Å². The van der Waals surface area contributed by atoms with Crippen molar-refractivity contribution in [3.05, 3.63) is 71.3 Å². The minimum Gasteiger partial charge on any atom is -0.388 e. The predicted molar refractivity (Wildman–Crippen MR) is 121 cm³/mol. The van der Waals surface area contributed by atoms with Crippen molar-refractivity contribution in [2.24, 2.45) is 5.92 Å². The summed E-state index contributed by atoms with van der Waals surface area (Å²) >= 11 is 0. The second-order valence-corrected chi connectivity index (χ2v) is 8.12. The van der Waals surface area contributed by atoms with Gasteiger partial charge in [-0.2, -0.15) is 0 Å². The zero-order valence-electron chi connectivity index (χ0n) is 18.3. The van der Waals surface area contributed by atoms with Gasteiger partial charge in [-0.05, 0) is 48.5 Å². The Hall–Kier alpha value is -2.37. The summed E-state index contributed by atoms with van der Waals surface area (Å²) < 4.78 is 0. The fraction of sp³-hybridized carbons (Fsp3) is 0.480. The highest BCUT2D eigenvalue weighted by atomic mass is 16.3. The van der Waals surface area contributed by atoms with Crippen molar-refractivity contribution in [1.29, 1.82) is 0 Å². The molecule has 2 amide bonds. The largest absolute Gasteiger partial charge is 0.388 e. The number of benzene rings is 2. The van der Waals surface area contributed by atoms with E-state index in [1.165, 1.54) is 5.56 Å². The Labute approximate surface area is 180 Å². The van der Waals surface area contributed by atoms with Crippen LogP contribution in [0.4, 0.5) is 4.79 Å². The summed E-state index contributed by atoms with van der Waals surface area (Å²) in [5.41, 5.74) is 3.37. The number of piperidine rings is 1. The zero-order chi connectivity index (χ0) is 21.3. The van der Waals surface area contributed by atoms with Crippen molar-refractivity contribution in [1.82, 2.24) is 15.1 Å². The van der Waals surface area contributed by atoms with Gasteiger partial charge >= 0.3 is 6.03 Å². The molecule has 3 rings (SSSR count).